The summed E-state index contributed by atoms with van der Waals surface area (Å²) >= 11 is 0. The van der Waals surface area contributed by atoms with Crippen molar-refractivity contribution in [2.75, 3.05) is 5.32 Å². The van der Waals surface area contributed by atoms with Crippen LogP contribution < -0.4 is 10.6 Å². The predicted octanol–water partition coefficient (Wildman–Crippen LogP) is 2.54. The first-order valence-corrected chi connectivity index (χ1v) is 6.76. The molecule has 1 aromatic carbocycles. The van der Waals surface area contributed by atoms with Gasteiger partial charge in [0.2, 0.25) is 0 Å². The Morgan fingerprint density at radius 2 is 1.86 bits per heavy atom. The van der Waals surface area contributed by atoms with E-state index in [1.807, 2.05) is 20.9 Å². The molecule has 1 heterocycles. The van der Waals surface area contributed by atoms with Crippen molar-refractivity contribution in [3.63, 3.8) is 0 Å². The number of nitrogens with one attached hydrogen (secondary N) is 2. The molecular weight excluding hydrogens is 292 g/mol. The van der Waals surface area contributed by atoms with E-state index in [2.05, 4.69) is 20.8 Å². The van der Waals surface area contributed by atoms with E-state index >= 15 is 0 Å². The highest BCUT2D eigenvalue weighted by Gasteiger charge is 2.12. The first-order valence-electron chi connectivity index (χ1n) is 6.76. The Kier molecular flexibility index (Phi) is 4.69. The molecule has 0 aliphatic heterocycles. The second-order valence-corrected chi connectivity index (χ2v) is 5.15. The Labute approximate surface area is 126 Å². The van der Waals surface area contributed by atoms with Gasteiger partial charge in [0.25, 0.3) is 0 Å². The summed E-state index contributed by atoms with van der Waals surface area (Å²) in [5.41, 5.74) is 0.0378. The molecule has 0 saturated heterocycles. The summed E-state index contributed by atoms with van der Waals surface area (Å²) in [5.74, 6) is 0.0966. The molecule has 0 unspecified atom stereocenters. The third-order valence-corrected chi connectivity index (χ3v) is 3.04. The second kappa shape index (κ2) is 6.50. The smallest absolute Gasteiger partial charge is 0.319 e. The molecule has 0 fully saturated rings. The number of carbonyl (C=O) groups excluding carboxylic acids is 1. The van der Waals surface area contributed by atoms with Gasteiger partial charge in [-0.1, -0.05) is 13.8 Å². The molecule has 0 saturated carbocycles. The fourth-order valence-electron chi connectivity index (χ4n) is 1.99. The van der Waals surface area contributed by atoms with Crippen molar-refractivity contribution < 1.29 is 13.6 Å². The van der Waals surface area contributed by atoms with Crippen LogP contribution in [0.25, 0.3) is 0 Å². The molecule has 8 heteroatoms. The van der Waals surface area contributed by atoms with Crippen molar-refractivity contribution in [2.24, 2.45) is 7.05 Å². The minimum absolute atomic E-state index is 0.0378. The van der Waals surface area contributed by atoms with E-state index in [-0.39, 0.29) is 18.2 Å². The lowest BCUT2D eigenvalue weighted by atomic mass is 10.2. The van der Waals surface area contributed by atoms with E-state index in [1.54, 1.807) is 4.57 Å². The average molecular weight is 309 g/mol. The van der Waals surface area contributed by atoms with E-state index in [1.165, 1.54) is 0 Å². The molecule has 0 spiro atoms. The van der Waals surface area contributed by atoms with E-state index in [4.69, 9.17) is 0 Å². The summed E-state index contributed by atoms with van der Waals surface area (Å²) in [6.07, 6.45) is 0. The number of hydrogen-bond acceptors (Lipinski definition) is 3. The molecule has 0 bridgehead atoms. The maximum atomic E-state index is 13.0. The molecule has 2 N–H and O–H groups in total. The van der Waals surface area contributed by atoms with Crippen LogP contribution in [0.2, 0.25) is 0 Å². The van der Waals surface area contributed by atoms with Gasteiger partial charge >= 0.3 is 6.03 Å². The van der Waals surface area contributed by atoms with Gasteiger partial charge in [-0.25, -0.2) is 13.6 Å². The van der Waals surface area contributed by atoms with Gasteiger partial charge in [0, 0.05) is 24.7 Å². The van der Waals surface area contributed by atoms with Crippen LogP contribution in [-0.4, -0.2) is 20.8 Å². The summed E-state index contributed by atoms with van der Waals surface area (Å²) in [7, 11) is 1.81. The molecule has 0 atom stereocenters. The highest BCUT2D eigenvalue weighted by Crippen LogP contribution is 2.13. The first-order chi connectivity index (χ1) is 10.4. The molecule has 0 aliphatic carbocycles. The third-order valence-electron chi connectivity index (χ3n) is 3.04. The van der Waals surface area contributed by atoms with Crippen molar-refractivity contribution in [3.05, 3.63) is 41.5 Å². The maximum Gasteiger partial charge on any atom is 0.319 e. The molecule has 2 amide bonds. The number of anilines is 1. The van der Waals surface area contributed by atoms with Crippen molar-refractivity contribution in [1.29, 1.82) is 0 Å². The standard InChI is InChI=1S/C14H17F2N5O/c1-8(2)13-20-19-12(21(13)3)7-17-14(22)18-11-5-9(15)4-10(16)6-11/h4-6,8H,7H2,1-3H3,(H2,17,18,22). The van der Waals surface area contributed by atoms with E-state index in [0.29, 0.717) is 5.82 Å². The summed E-state index contributed by atoms with van der Waals surface area (Å²) in [6, 6.07) is 2.21. The summed E-state index contributed by atoms with van der Waals surface area (Å²) in [4.78, 5) is 11.7. The van der Waals surface area contributed by atoms with Gasteiger partial charge in [-0.05, 0) is 12.1 Å². The molecule has 0 aliphatic rings. The zero-order valence-corrected chi connectivity index (χ0v) is 12.5. The van der Waals surface area contributed by atoms with Crippen LogP contribution in [0, 0.1) is 11.6 Å². The molecule has 2 rings (SSSR count). The number of carbonyl (C=O) groups is 1. The predicted molar refractivity (Wildman–Crippen MR) is 77.3 cm³/mol. The largest absolute Gasteiger partial charge is 0.331 e. The first kappa shape index (κ1) is 15.9. The topological polar surface area (TPSA) is 71.8 Å². The fraction of sp³-hybridized carbons (Fsp3) is 0.357. The monoisotopic (exact) mass is 309 g/mol. The van der Waals surface area contributed by atoms with Crippen LogP contribution >= 0.6 is 0 Å². The molecular formula is C14H17F2N5O. The fourth-order valence-corrected chi connectivity index (χ4v) is 1.99. The molecule has 6 nitrogen and oxygen atoms in total. The lowest BCUT2D eigenvalue weighted by Crippen LogP contribution is -2.29. The van der Waals surface area contributed by atoms with Crippen LogP contribution in [0.4, 0.5) is 19.3 Å². The zero-order chi connectivity index (χ0) is 16.3. The normalized spacial score (nSPS) is 10.8. The van der Waals surface area contributed by atoms with Crippen LogP contribution in [0.15, 0.2) is 18.2 Å². The van der Waals surface area contributed by atoms with Gasteiger partial charge in [0.1, 0.15) is 17.5 Å². The number of amides is 2. The van der Waals surface area contributed by atoms with Gasteiger partial charge in [-0.3, -0.25) is 0 Å². The minimum Gasteiger partial charge on any atom is -0.331 e. The zero-order valence-electron chi connectivity index (χ0n) is 12.5. The van der Waals surface area contributed by atoms with Crippen LogP contribution in [-0.2, 0) is 13.6 Å². The molecule has 22 heavy (non-hydrogen) atoms. The van der Waals surface area contributed by atoms with Gasteiger partial charge < -0.3 is 15.2 Å². The Hall–Kier alpha value is -2.51. The highest BCUT2D eigenvalue weighted by molar-refractivity contribution is 5.89. The Morgan fingerprint density at radius 3 is 2.41 bits per heavy atom. The van der Waals surface area contributed by atoms with E-state index in [9.17, 15) is 13.6 Å². The molecule has 118 valence electrons. The Morgan fingerprint density at radius 1 is 1.23 bits per heavy atom. The number of halogens is 2. The number of benzene rings is 1. The summed E-state index contributed by atoms with van der Waals surface area (Å²) in [6.45, 7) is 4.14. The minimum atomic E-state index is -0.759. The van der Waals surface area contributed by atoms with Crippen molar-refractivity contribution in [2.45, 2.75) is 26.3 Å². The number of nitrogens with zero attached hydrogens (tertiary/aromatic N) is 3. The van der Waals surface area contributed by atoms with Gasteiger partial charge in [-0.15, -0.1) is 10.2 Å². The van der Waals surface area contributed by atoms with E-state index in [0.717, 1.165) is 24.0 Å². The van der Waals surface area contributed by atoms with E-state index < -0.39 is 17.7 Å². The lowest BCUT2D eigenvalue weighted by molar-refractivity contribution is 0.251. The van der Waals surface area contributed by atoms with Crippen LogP contribution in [0.3, 0.4) is 0 Å². The van der Waals surface area contributed by atoms with Gasteiger partial charge in [0.05, 0.1) is 6.54 Å². The second-order valence-electron chi connectivity index (χ2n) is 5.15. The quantitative estimate of drug-likeness (QED) is 0.911. The molecule has 1 aromatic heterocycles. The summed E-state index contributed by atoms with van der Waals surface area (Å²) < 4.78 is 27.9. The van der Waals surface area contributed by atoms with Crippen molar-refractivity contribution in [3.8, 4) is 0 Å². The van der Waals surface area contributed by atoms with Crippen molar-refractivity contribution >= 4 is 11.7 Å². The van der Waals surface area contributed by atoms with Crippen LogP contribution in [0.1, 0.15) is 31.4 Å². The lowest BCUT2D eigenvalue weighted by Gasteiger charge is -2.09. The summed E-state index contributed by atoms with van der Waals surface area (Å²) in [5, 5.41) is 13.0. The van der Waals surface area contributed by atoms with Gasteiger partial charge in [-0.2, -0.15) is 0 Å². The molecule has 2 aromatic rings. The Balaban J connectivity index is 1.95. The average Bonchev–Trinajstić information content (AvgIpc) is 2.76. The van der Waals surface area contributed by atoms with Gasteiger partial charge in [0.15, 0.2) is 5.82 Å². The molecule has 0 radical (unpaired) electrons. The Bertz CT molecular complexity index is 664. The maximum absolute atomic E-state index is 13.0. The number of hydrogen-bond donors (Lipinski definition) is 2. The van der Waals surface area contributed by atoms with Crippen molar-refractivity contribution in [1.82, 2.24) is 20.1 Å². The number of rotatable bonds is 4. The number of aromatic nitrogens is 3. The third kappa shape index (κ3) is 3.78. The SMILES string of the molecule is CC(C)c1nnc(CNC(=O)Nc2cc(F)cc(F)c2)n1C. The highest BCUT2D eigenvalue weighted by atomic mass is 19.1. The van der Waals surface area contributed by atoms with Crippen LogP contribution in [0.5, 0.6) is 0 Å². The number of urea groups is 1.